The van der Waals surface area contributed by atoms with Gasteiger partial charge >= 0.3 is 0 Å². The van der Waals surface area contributed by atoms with E-state index in [1.165, 1.54) is 4.90 Å². The van der Waals surface area contributed by atoms with Gasteiger partial charge < -0.3 is 15.1 Å². The van der Waals surface area contributed by atoms with Gasteiger partial charge in [-0.25, -0.2) is 0 Å². The van der Waals surface area contributed by atoms with E-state index in [0.29, 0.717) is 6.54 Å². The molecule has 3 unspecified atom stereocenters. The van der Waals surface area contributed by atoms with Crippen LogP contribution in [0.25, 0.3) is 0 Å². The van der Waals surface area contributed by atoms with Crippen LogP contribution in [0.3, 0.4) is 0 Å². The van der Waals surface area contributed by atoms with Crippen molar-refractivity contribution in [1.29, 1.82) is 0 Å². The molecule has 0 saturated carbocycles. The molecule has 1 fully saturated rings. The fraction of sp³-hybridized carbons (Fsp3) is 0.455. The third-order valence-corrected chi connectivity index (χ3v) is 4.32. The van der Waals surface area contributed by atoms with Crippen LogP contribution >= 0.6 is 11.8 Å². The van der Waals surface area contributed by atoms with Crippen molar-refractivity contribution >= 4 is 17.4 Å². The Hall–Kier alpha value is -0.710. The minimum Gasteiger partial charge on any atom is -0.388 e. The van der Waals surface area contributed by atoms with Gasteiger partial charge in [0, 0.05) is 17.2 Å². The molecule has 0 amide bonds. The lowest BCUT2D eigenvalue weighted by molar-refractivity contribution is 0.0445. The predicted octanol–water partition coefficient (Wildman–Crippen LogP) is 0.703. The van der Waals surface area contributed by atoms with Crippen molar-refractivity contribution in [2.75, 3.05) is 17.2 Å². The molecule has 15 heavy (non-hydrogen) atoms. The van der Waals surface area contributed by atoms with Crippen molar-refractivity contribution in [2.24, 2.45) is 0 Å². The number of para-hydroxylation sites is 1. The number of rotatable bonds is 0. The van der Waals surface area contributed by atoms with E-state index in [4.69, 9.17) is 0 Å². The number of aliphatic hydroxyl groups is 2. The lowest BCUT2D eigenvalue weighted by Crippen LogP contribution is -2.40. The van der Waals surface area contributed by atoms with E-state index in [1.54, 1.807) is 11.8 Å². The third kappa shape index (κ3) is 1.36. The lowest BCUT2D eigenvalue weighted by Gasteiger charge is -2.33. The van der Waals surface area contributed by atoms with Crippen molar-refractivity contribution in [1.82, 2.24) is 0 Å². The number of fused-ring (bicyclic) bond motifs is 3. The minimum absolute atomic E-state index is 0.0694. The Morgan fingerprint density at radius 3 is 2.93 bits per heavy atom. The van der Waals surface area contributed by atoms with Crippen molar-refractivity contribution in [3.05, 3.63) is 24.3 Å². The largest absolute Gasteiger partial charge is 0.388 e. The normalized spacial score (nSPS) is 33.7. The minimum atomic E-state index is -0.609. The molecule has 0 spiro atoms. The Balaban J connectivity index is 2.01. The van der Waals surface area contributed by atoms with Gasteiger partial charge in [-0.3, -0.25) is 0 Å². The molecule has 1 aromatic carbocycles. The van der Waals surface area contributed by atoms with E-state index in [-0.39, 0.29) is 6.04 Å². The first kappa shape index (κ1) is 9.51. The summed E-state index contributed by atoms with van der Waals surface area (Å²) in [5.41, 5.74) is 1.15. The molecule has 4 heteroatoms. The molecular formula is C11H13NO2S. The molecule has 0 aliphatic carbocycles. The highest BCUT2D eigenvalue weighted by Crippen LogP contribution is 2.40. The Labute approximate surface area is 92.7 Å². The van der Waals surface area contributed by atoms with Crippen LogP contribution in [0.4, 0.5) is 5.69 Å². The van der Waals surface area contributed by atoms with Crippen LogP contribution in [0.5, 0.6) is 0 Å². The Bertz CT molecular complexity index is 385. The van der Waals surface area contributed by atoms with Crippen LogP contribution in [-0.2, 0) is 0 Å². The van der Waals surface area contributed by atoms with Gasteiger partial charge in [-0.2, -0.15) is 0 Å². The van der Waals surface area contributed by atoms with Gasteiger partial charge in [0.1, 0.15) is 6.10 Å². The second-order valence-electron chi connectivity index (χ2n) is 4.06. The molecule has 0 radical (unpaired) electrons. The maximum Gasteiger partial charge on any atom is 0.103 e. The smallest absolute Gasteiger partial charge is 0.103 e. The summed E-state index contributed by atoms with van der Waals surface area (Å²) >= 11 is 1.76. The molecule has 2 aliphatic heterocycles. The predicted molar refractivity (Wildman–Crippen MR) is 60.3 cm³/mol. The van der Waals surface area contributed by atoms with Gasteiger partial charge in [-0.15, -0.1) is 11.8 Å². The van der Waals surface area contributed by atoms with Crippen molar-refractivity contribution in [3.8, 4) is 0 Å². The Morgan fingerprint density at radius 2 is 2.07 bits per heavy atom. The van der Waals surface area contributed by atoms with Crippen LogP contribution in [0.15, 0.2) is 29.2 Å². The van der Waals surface area contributed by atoms with Crippen molar-refractivity contribution in [2.45, 2.75) is 23.1 Å². The number of benzene rings is 1. The second kappa shape index (κ2) is 3.40. The zero-order valence-corrected chi connectivity index (χ0v) is 9.02. The molecule has 1 aromatic rings. The standard InChI is InChI=1S/C11H13NO2S/c13-9-5-12-7-3-1-2-4-10(7)15-6-8(12)11(9)14/h1-4,8-9,11,13-14H,5-6H2. The summed E-state index contributed by atoms with van der Waals surface area (Å²) in [6.45, 7) is 0.545. The monoisotopic (exact) mass is 223 g/mol. The summed E-state index contributed by atoms with van der Waals surface area (Å²) in [5.74, 6) is 0.856. The molecule has 3 rings (SSSR count). The molecule has 2 N–H and O–H groups in total. The van der Waals surface area contributed by atoms with Crippen molar-refractivity contribution < 1.29 is 10.2 Å². The van der Waals surface area contributed by atoms with Gasteiger partial charge in [-0.1, -0.05) is 12.1 Å². The van der Waals surface area contributed by atoms with E-state index in [0.717, 1.165) is 11.4 Å². The number of anilines is 1. The molecule has 2 aliphatic rings. The third-order valence-electron chi connectivity index (χ3n) is 3.16. The Kier molecular flexibility index (Phi) is 2.16. The highest BCUT2D eigenvalue weighted by atomic mass is 32.2. The van der Waals surface area contributed by atoms with Gasteiger partial charge in [0.25, 0.3) is 0 Å². The van der Waals surface area contributed by atoms with E-state index >= 15 is 0 Å². The zero-order chi connectivity index (χ0) is 10.4. The molecule has 80 valence electrons. The average molecular weight is 223 g/mol. The van der Waals surface area contributed by atoms with Crippen LogP contribution in [0.1, 0.15) is 0 Å². The van der Waals surface area contributed by atoms with Gasteiger partial charge in [0.15, 0.2) is 0 Å². The SMILES string of the molecule is OC1CN2c3ccccc3SCC2C1O. The number of thioether (sulfide) groups is 1. The summed E-state index contributed by atoms with van der Waals surface area (Å²) in [4.78, 5) is 3.37. The van der Waals surface area contributed by atoms with E-state index in [1.807, 2.05) is 12.1 Å². The van der Waals surface area contributed by atoms with E-state index in [9.17, 15) is 10.2 Å². The first-order chi connectivity index (χ1) is 7.27. The first-order valence-corrected chi connectivity index (χ1v) is 6.10. The van der Waals surface area contributed by atoms with Gasteiger partial charge in [0.2, 0.25) is 0 Å². The first-order valence-electron chi connectivity index (χ1n) is 5.12. The van der Waals surface area contributed by atoms with Crippen LogP contribution < -0.4 is 4.90 Å². The number of aliphatic hydroxyl groups excluding tert-OH is 2. The van der Waals surface area contributed by atoms with Crippen molar-refractivity contribution in [3.63, 3.8) is 0 Å². The quantitative estimate of drug-likeness (QED) is 0.679. The highest BCUT2D eigenvalue weighted by molar-refractivity contribution is 7.99. The molecule has 1 saturated heterocycles. The fourth-order valence-corrected chi connectivity index (χ4v) is 3.58. The maximum atomic E-state index is 9.81. The van der Waals surface area contributed by atoms with Crippen LogP contribution in [0, 0.1) is 0 Å². The van der Waals surface area contributed by atoms with Gasteiger partial charge in [-0.05, 0) is 12.1 Å². The van der Waals surface area contributed by atoms with Crippen LogP contribution in [-0.4, -0.2) is 40.8 Å². The Morgan fingerprint density at radius 1 is 1.27 bits per heavy atom. The summed E-state index contributed by atoms with van der Waals surface area (Å²) in [6.07, 6.45) is -1.22. The topological polar surface area (TPSA) is 43.7 Å². The summed E-state index contributed by atoms with van der Waals surface area (Å²) < 4.78 is 0. The molecular weight excluding hydrogens is 210 g/mol. The molecule has 0 aromatic heterocycles. The number of hydrogen-bond donors (Lipinski definition) is 2. The van der Waals surface area contributed by atoms with Gasteiger partial charge in [0.05, 0.1) is 17.8 Å². The number of nitrogens with zero attached hydrogens (tertiary/aromatic N) is 1. The lowest BCUT2D eigenvalue weighted by atomic mass is 10.1. The van der Waals surface area contributed by atoms with E-state index < -0.39 is 12.2 Å². The zero-order valence-electron chi connectivity index (χ0n) is 8.21. The number of hydrogen-bond acceptors (Lipinski definition) is 4. The summed E-state index contributed by atoms with van der Waals surface area (Å²) in [5, 5.41) is 19.5. The summed E-state index contributed by atoms with van der Waals surface area (Å²) in [7, 11) is 0. The maximum absolute atomic E-state index is 9.81. The highest BCUT2D eigenvalue weighted by Gasteiger charge is 2.42. The molecule has 0 bridgehead atoms. The summed E-state index contributed by atoms with van der Waals surface area (Å²) in [6, 6.07) is 8.24. The van der Waals surface area contributed by atoms with E-state index in [2.05, 4.69) is 17.0 Å². The second-order valence-corrected chi connectivity index (χ2v) is 5.12. The van der Waals surface area contributed by atoms with Crippen LogP contribution in [0.2, 0.25) is 0 Å². The average Bonchev–Trinajstić information content (AvgIpc) is 2.56. The fourth-order valence-electron chi connectivity index (χ4n) is 2.34. The molecule has 3 atom stereocenters. The molecule has 2 heterocycles. The molecule has 3 nitrogen and oxygen atoms in total.